The van der Waals surface area contributed by atoms with E-state index in [1.54, 1.807) is 18.2 Å². The van der Waals surface area contributed by atoms with Gasteiger partial charge in [-0.25, -0.2) is 9.59 Å². The Balaban J connectivity index is 1.32. The molecule has 0 radical (unpaired) electrons. The van der Waals surface area contributed by atoms with Crippen molar-refractivity contribution in [3.8, 4) is 0 Å². The van der Waals surface area contributed by atoms with E-state index in [9.17, 15) is 24.0 Å². The van der Waals surface area contributed by atoms with Crippen LogP contribution in [-0.2, 0) is 23.9 Å². The minimum atomic E-state index is -0.796. The number of carbonyl (C=O) groups excluding carboxylic acids is 5. The van der Waals surface area contributed by atoms with Gasteiger partial charge in [-0.2, -0.15) is 0 Å². The molecule has 1 N–H and O–H groups in total. The highest BCUT2D eigenvalue weighted by Gasteiger charge is 2.52. The van der Waals surface area contributed by atoms with Crippen LogP contribution < -0.4 is 10.2 Å². The van der Waals surface area contributed by atoms with E-state index in [-0.39, 0.29) is 23.1 Å². The number of nitrogens with zero attached hydrogens (tertiary/aromatic N) is 1. The van der Waals surface area contributed by atoms with E-state index < -0.39 is 47.0 Å². The summed E-state index contributed by atoms with van der Waals surface area (Å²) >= 11 is 12.5. The molecule has 1 aliphatic heterocycles. The SMILES string of the molecule is CCCCOC(=O)c1ccc(NC(=O)COC(=O)c2cccc(N3C(=O)[C@H]4C[C@@H](Cl)[C@@H](Cl)C[C@H]4C3=O)c2)cc1. The van der Waals surface area contributed by atoms with Gasteiger partial charge in [0, 0.05) is 5.69 Å². The zero-order valence-corrected chi connectivity index (χ0v) is 22.7. The fourth-order valence-corrected chi connectivity index (χ4v) is 5.20. The number of hydrogen-bond donors (Lipinski definition) is 1. The van der Waals surface area contributed by atoms with E-state index in [2.05, 4.69) is 5.32 Å². The maximum atomic E-state index is 13.0. The van der Waals surface area contributed by atoms with Crippen LogP contribution in [0.1, 0.15) is 53.3 Å². The average Bonchev–Trinajstić information content (AvgIpc) is 3.16. The van der Waals surface area contributed by atoms with Gasteiger partial charge in [-0.3, -0.25) is 19.3 Å². The largest absolute Gasteiger partial charge is 0.462 e. The summed E-state index contributed by atoms with van der Waals surface area (Å²) in [5, 5.41) is 1.78. The van der Waals surface area contributed by atoms with Gasteiger partial charge in [0.15, 0.2) is 6.61 Å². The van der Waals surface area contributed by atoms with Crippen LogP contribution in [0.5, 0.6) is 0 Å². The van der Waals surface area contributed by atoms with Crippen molar-refractivity contribution in [1.82, 2.24) is 0 Å². The number of carbonyl (C=O) groups is 5. The molecule has 2 aromatic carbocycles. The number of rotatable bonds is 9. The summed E-state index contributed by atoms with van der Waals surface area (Å²) in [6.45, 7) is 1.77. The number of esters is 2. The van der Waals surface area contributed by atoms with Crippen molar-refractivity contribution < 1.29 is 33.4 Å². The molecule has 1 saturated carbocycles. The number of benzene rings is 2. The molecule has 0 unspecified atom stereocenters. The molecule has 206 valence electrons. The summed E-state index contributed by atoms with van der Waals surface area (Å²) in [6, 6.07) is 12.1. The van der Waals surface area contributed by atoms with Crippen LogP contribution in [0.15, 0.2) is 48.5 Å². The van der Waals surface area contributed by atoms with E-state index in [1.165, 1.54) is 30.3 Å². The molecular weight excluding hydrogens is 547 g/mol. The molecule has 11 heteroatoms. The van der Waals surface area contributed by atoms with Crippen LogP contribution in [0.4, 0.5) is 11.4 Å². The molecule has 4 atom stereocenters. The van der Waals surface area contributed by atoms with Crippen LogP contribution in [0.25, 0.3) is 0 Å². The Hall–Kier alpha value is -3.43. The number of imide groups is 1. The Morgan fingerprint density at radius 1 is 0.897 bits per heavy atom. The van der Waals surface area contributed by atoms with E-state index in [4.69, 9.17) is 32.7 Å². The molecule has 2 fully saturated rings. The average molecular weight is 575 g/mol. The van der Waals surface area contributed by atoms with Gasteiger partial charge < -0.3 is 14.8 Å². The molecular formula is C28H28Cl2N2O7. The first-order valence-electron chi connectivity index (χ1n) is 12.7. The zero-order chi connectivity index (χ0) is 28.1. The first kappa shape index (κ1) is 28.6. The van der Waals surface area contributed by atoms with Crippen molar-refractivity contribution in [3.63, 3.8) is 0 Å². The van der Waals surface area contributed by atoms with Gasteiger partial charge in [0.2, 0.25) is 11.8 Å². The second-order valence-corrected chi connectivity index (χ2v) is 10.6. The monoisotopic (exact) mass is 574 g/mol. The highest BCUT2D eigenvalue weighted by atomic mass is 35.5. The highest BCUT2D eigenvalue weighted by Crippen LogP contribution is 2.43. The molecule has 4 rings (SSSR count). The second-order valence-electron chi connectivity index (χ2n) is 9.47. The third kappa shape index (κ3) is 6.59. The molecule has 9 nitrogen and oxygen atoms in total. The minimum absolute atomic E-state index is 0.0761. The van der Waals surface area contributed by atoms with Gasteiger partial charge in [0.25, 0.3) is 5.91 Å². The molecule has 0 bridgehead atoms. The zero-order valence-electron chi connectivity index (χ0n) is 21.2. The number of nitrogens with one attached hydrogen (secondary N) is 1. The number of halogens is 2. The lowest BCUT2D eigenvalue weighted by Gasteiger charge is -2.28. The maximum Gasteiger partial charge on any atom is 0.338 e. The molecule has 2 aliphatic rings. The van der Waals surface area contributed by atoms with Crippen molar-refractivity contribution in [2.24, 2.45) is 11.8 Å². The minimum Gasteiger partial charge on any atom is -0.462 e. The van der Waals surface area contributed by atoms with E-state index in [0.717, 1.165) is 17.7 Å². The van der Waals surface area contributed by atoms with Crippen LogP contribution in [-0.4, -0.2) is 53.6 Å². The van der Waals surface area contributed by atoms with Gasteiger partial charge >= 0.3 is 11.9 Å². The number of fused-ring (bicyclic) bond motifs is 1. The lowest BCUT2D eigenvalue weighted by molar-refractivity contribution is -0.122. The van der Waals surface area contributed by atoms with Gasteiger partial charge in [0.05, 0.1) is 46.0 Å². The summed E-state index contributed by atoms with van der Waals surface area (Å²) in [6.07, 6.45) is 2.31. The summed E-state index contributed by atoms with van der Waals surface area (Å²) in [4.78, 5) is 64.0. The highest BCUT2D eigenvalue weighted by molar-refractivity contribution is 6.31. The number of amides is 3. The van der Waals surface area contributed by atoms with Crippen LogP contribution in [0.3, 0.4) is 0 Å². The quantitative estimate of drug-likeness (QED) is 0.202. The van der Waals surface area contributed by atoms with Crippen molar-refractivity contribution >= 4 is 64.2 Å². The van der Waals surface area contributed by atoms with Crippen LogP contribution in [0.2, 0.25) is 0 Å². The van der Waals surface area contributed by atoms with Crippen molar-refractivity contribution in [2.45, 2.75) is 43.4 Å². The molecule has 1 heterocycles. The van der Waals surface area contributed by atoms with Gasteiger partial charge in [-0.1, -0.05) is 19.4 Å². The number of anilines is 2. The second kappa shape index (κ2) is 12.6. The lowest BCUT2D eigenvalue weighted by atomic mass is 9.80. The molecule has 0 spiro atoms. The van der Waals surface area contributed by atoms with Crippen LogP contribution in [0, 0.1) is 11.8 Å². The third-order valence-electron chi connectivity index (χ3n) is 6.72. The molecule has 1 aliphatic carbocycles. The maximum absolute atomic E-state index is 13.0. The van der Waals surface area contributed by atoms with Crippen LogP contribution >= 0.6 is 23.2 Å². The Morgan fingerprint density at radius 3 is 2.13 bits per heavy atom. The molecule has 2 aromatic rings. The predicted molar refractivity (Wildman–Crippen MR) is 145 cm³/mol. The third-order valence-corrected chi connectivity index (χ3v) is 7.82. The Morgan fingerprint density at radius 2 is 1.51 bits per heavy atom. The summed E-state index contributed by atoms with van der Waals surface area (Å²) in [7, 11) is 0. The number of alkyl halides is 2. The number of unbranched alkanes of at least 4 members (excludes halogenated alkanes) is 1. The smallest absolute Gasteiger partial charge is 0.338 e. The molecule has 3 amide bonds. The standard InChI is InChI=1S/C28H28Cl2N2O7/c1-2-3-11-38-27(36)16-7-9-18(10-8-16)31-24(33)15-39-28(37)17-5-4-6-19(12-17)32-25(34)20-13-22(29)23(30)14-21(20)26(32)35/h4-10,12,20-23H,2-3,11,13-15H2,1H3,(H,31,33)/t20-,21+,22+,23-. The lowest BCUT2D eigenvalue weighted by Crippen LogP contribution is -2.34. The number of hydrogen-bond acceptors (Lipinski definition) is 7. The summed E-state index contributed by atoms with van der Waals surface area (Å²) < 4.78 is 10.3. The van der Waals surface area contributed by atoms with E-state index >= 15 is 0 Å². The van der Waals surface area contributed by atoms with Gasteiger partial charge in [0.1, 0.15) is 0 Å². The molecule has 1 saturated heterocycles. The summed E-state index contributed by atoms with van der Waals surface area (Å²) in [5.41, 5.74) is 1.08. The Bertz CT molecular complexity index is 1240. The fraction of sp³-hybridized carbons (Fsp3) is 0.393. The van der Waals surface area contributed by atoms with Gasteiger partial charge in [-0.15, -0.1) is 23.2 Å². The van der Waals surface area contributed by atoms with Crippen molar-refractivity contribution in [2.75, 3.05) is 23.4 Å². The number of ether oxygens (including phenoxy) is 2. The van der Waals surface area contributed by atoms with Gasteiger partial charge in [-0.05, 0) is 61.7 Å². The first-order chi connectivity index (χ1) is 18.7. The first-order valence-corrected chi connectivity index (χ1v) is 13.6. The predicted octanol–water partition coefficient (Wildman–Crippen LogP) is 4.55. The molecule has 39 heavy (non-hydrogen) atoms. The summed E-state index contributed by atoms with van der Waals surface area (Å²) in [5.74, 6) is -3.66. The Labute approximate surface area is 235 Å². The van der Waals surface area contributed by atoms with Crippen molar-refractivity contribution in [1.29, 1.82) is 0 Å². The normalized spacial score (nSPS) is 22.3. The van der Waals surface area contributed by atoms with E-state index in [1.807, 2.05) is 6.92 Å². The van der Waals surface area contributed by atoms with Crippen molar-refractivity contribution in [3.05, 3.63) is 59.7 Å². The topological polar surface area (TPSA) is 119 Å². The fourth-order valence-electron chi connectivity index (χ4n) is 4.62. The van der Waals surface area contributed by atoms with E-state index in [0.29, 0.717) is 30.7 Å². The Kier molecular flexibility index (Phi) is 9.24. The molecule has 0 aromatic heterocycles.